The number of benzene rings is 2. The van der Waals surface area contributed by atoms with Crippen LogP contribution in [0.3, 0.4) is 0 Å². The van der Waals surface area contributed by atoms with Gasteiger partial charge < -0.3 is 9.84 Å². The predicted octanol–water partition coefficient (Wildman–Crippen LogP) is 3.17. The third kappa shape index (κ3) is 2.96. The number of halogens is 1. The Morgan fingerprint density at radius 1 is 1.17 bits per heavy atom. The quantitative estimate of drug-likeness (QED) is 0.779. The molecule has 0 aliphatic carbocycles. The Hall–Kier alpha value is -3.22. The lowest BCUT2D eigenvalue weighted by Gasteiger charge is -2.09. The van der Waals surface area contributed by atoms with Gasteiger partial charge in [-0.05, 0) is 55.5 Å². The molecule has 122 valence electrons. The normalized spacial score (nSPS) is 10.6. The number of aromatic carboxylic acids is 1. The Kier molecular flexibility index (Phi) is 4.24. The fourth-order valence-electron chi connectivity index (χ4n) is 2.32. The van der Waals surface area contributed by atoms with Crippen LogP contribution in [0.15, 0.2) is 48.5 Å². The van der Waals surface area contributed by atoms with E-state index in [4.69, 9.17) is 4.74 Å². The lowest BCUT2D eigenvalue weighted by molar-refractivity contribution is 0.0691. The number of aromatic nitrogens is 3. The SMILES string of the molecule is CCOc1ccc(-n2nnc(C(=O)O)c2-c2ccc(F)cc2)cc1. The minimum absolute atomic E-state index is 0.199. The number of hydrogen-bond donors (Lipinski definition) is 1. The van der Waals surface area contributed by atoms with E-state index >= 15 is 0 Å². The molecule has 0 aliphatic heterocycles. The topological polar surface area (TPSA) is 77.2 Å². The van der Waals surface area contributed by atoms with E-state index in [0.29, 0.717) is 23.6 Å². The van der Waals surface area contributed by atoms with E-state index in [0.717, 1.165) is 0 Å². The molecule has 3 rings (SSSR count). The maximum Gasteiger partial charge on any atom is 0.358 e. The van der Waals surface area contributed by atoms with Crippen molar-refractivity contribution in [1.82, 2.24) is 15.0 Å². The van der Waals surface area contributed by atoms with E-state index in [1.807, 2.05) is 6.92 Å². The zero-order chi connectivity index (χ0) is 17.1. The summed E-state index contributed by atoms with van der Waals surface area (Å²) in [6.45, 7) is 2.43. The first kappa shape index (κ1) is 15.7. The minimum Gasteiger partial charge on any atom is -0.494 e. The molecule has 24 heavy (non-hydrogen) atoms. The highest BCUT2D eigenvalue weighted by Crippen LogP contribution is 2.26. The predicted molar refractivity (Wildman–Crippen MR) is 84.9 cm³/mol. The molecule has 0 amide bonds. The van der Waals surface area contributed by atoms with Crippen LogP contribution in [0.4, 0.5) is 4.39 Å². The molecule has 1 N–H and O–H groups in total. The van der Waals surface area contributed by atoms with Crippen molar-refractivity contribution in [2.45, 2.75) is 6.92 Å². The summed E-state index contributed by atoms with van der Waals surface area (Å²) in [5.74, 6) is -0.912. The number of carboxylic acids is 1. The molecule has 0 saturated carbocycles. The van der Waals surface area contributed by atoms with E-state index in [9.17, 15) is 14.3 Å². The highest BCUT2D eigenvalue weighted by molar-refractivity contribution is 5.93. The number of carbonyl (C=O) groups is 1. The van der Waals surface area contributed by atoms with Gasteiger partial charge in [-0.2, -0.15) is 0 Å². The second-order valence-corrected chi connectivity index (χ2v) is 4.94. The Bertz CT molecular complexity index is 858. The van der Waals surface area contributed by atoms with E-state index in [-0.39, 0.29) is 11.4 Å². The Balaban J connectivity index is 2.11. The molecule has 0 bridgehead atoms. The van der Waals surface area contributed by atoms with Crippen LogP contribution in [0, 0.1) is 5.82 Å². The van der Waals surface area contributed by atoms with Gasteiger partial charge in [0.25, 0.3) is 0 Å². The molecular formula is C17H14FN3O3. The molecule has 0 saturated heterocycles. The first-order valence-electron chi connectivity index (χ1n) is 7.28. The minimum atomic E-state index is -1.20. The third-order valence-electron chi connectivity index (χ3n) is 3.38. The van der Waals surface area contributed by atoms with E-state index in [1.165, 1.54) is 28.9 Å². The molecule has 0 aliphatic rings. The lowest BCUT2D eigenvalue weighted by Crippen LogP contribution is -2.03. The van der Waals surface area contributed by atoms with Gasteiger partial charge in [0.2, 0.25) is 0 Å². The molecule has 1 aromatic heterocycles. The molecule has 0 fully saturated rings. The second kappa shape index (κ2) is 6.49. The maximum absolute atomic E-state index is 13.2. The number of nitrogens with zero attached hydrogens (tertiary/aromatic N) is 3. The van der Waals surface area contributed by atoms with Gasteiger partial charge in [-0.3, -0.25) is 0 Å². The van der Waals surface area contributed by atoms with Crippen molar-refractivity contribution in [2.24, 2.45) is 0 Å². The molecule has 6 nitrogen and oxygen atoms in total. The van der Waals surface area contributed by atoms with E-state index in [1.54, 1.807) is 24.3 Å². The van der Waals surface area contributed by atoms with Crippen molar-refractivity contribution in [3.63, 3.8) is 0 Å². The molecule has 0 spiro atoms. The summed E-state index contributed by atoms with van der Waals surface area (Å²) in [6.07, 6.45) is 0. The van der Waals surface area contributed by atoms with Gasteiger partial charge in [-0.15, -0.1) is 5.10 Å². The molecular weight excluding hydrogens is 313 g/mol. The maximum atomic E-state index is 13.2. The first-order valence-corrected chi connectivity index (χ1v) is 7.28. The summed E-state index contributed by atoms with van der Waals surface area (Å²) in [5.41, 5.74) is 1.22. The Morgan fingerprint density at radius 3 is 2.42 bits per heavy atom. The zero-order valence-electron chi connectivity index (χ0n) is 12.8. The van der Waals surface area contributed by atoms with Gasteiger partial charge in [-0.25, -0.2) is 13.9 Å². The molecule has 0 unspecified atom stereocenters. The van der Waals surface area contributed by atoms with Gasteiger partial charge in [0.15, 0.2) is 5.69 Å². The summed E-state index contributed by atoms with van der Waals surface area (Å²) < 4.78 is 20.0. The standard InChI is InChI=1S/C17H14FN3O3/c1-2-24-14-9-7-13(8-10-14)21-16(15(17(22)23)19-20-21)11-3-5-12(18)6-4-11/h3-10H,2H2,1H3,(H,22,23). The molecule has 2 aromatic carbocycles. The van der Waals surface area contributed by atoms with Crippen molar-refractivity contribution in [3.05, 3.63) is 60.0 Å². The van der Waals surface area contributed by atoms with Gasteiger partial charge in [0.05, 0.1) is 12.3 Å². The van der Waals surface area contributed by atoms with Crippen LogP contribution in [-0.4, -0.2) is 32.7 Å². The first-order chi connectivity index (χ1) is 11.6. The molecule has 0 atom stereocenters. The van der Waals surface area contributed by atoms with Crippen LogP contribution in [0.25, 0.3) is 16.9 Å². The molecule has 3 aromatic rings. The number of rotatable bonds is 5. The summed E-state index contributed by atoms with van der Waals surface area (Å²) in [4.78, 5) is 11.4. The number of carboxylic acid groups (broad SMARTS) is 1. The van der Waals surface area contributed by atoms with Crippen LogP contribution in [0.5, 0.6) is 5.75 Å². The van der Waals surface area contributed by atoms with Crippen LogP contribution in [0.1, 0.15) is 17.4 Å². The van der Waals surface area contributed by atoms with Crippen molar-refractivity contribution in [1.29, 1.82) is 0 Å². The van der Waals surface area contributed by atoms with Crippen LogP contribution in [-0.2, 0) is 0 Å². The summed E-state index contributed by atoms with van der Waals surface area (Å²) in [6, 6.07) is 12.5. The Labute approximate surface area is 137 Å². The van der Waals surface area contributed by atoms with Gasteiger partial charge in [0, 0.05) is 5.56 Å². The Morgan fingerprint density at radius 2 is 1.83 bits per heavy atom. The molecule has 7 heteroatoms. The van der Waals surface area contributed by atoms with Gasteiger partial charge in [-0.1, -0.05) is 5.21 Å². The van der Waals surface area contributed by atoms with E-state index < -0.39 is 11.8 Å². The average Bonchev–Trinajstić information content (AvgIpc) is 3.02. The van der Waals surface area contributed by atoms with Crippen LogP contribution < -0.4 is 4.74 Å². The average molecular weight is 327 g/mol. The van der Waals surface area contributed by atoms with Crippen LogP contribution in [0.2, 0.25) is 0 Å². The largest absolute Gasteiger partial charge is 0.494 e. The summed E-state index contributed by atoms with van der Waals surface area (Å²) in [5, 5.41) is 17.0. The monoisotopic (exact) mass is 327 g/mol. The fraction of sp³-hybridized carbons (Fsp3) is 0.118. The fourth-order valence-corrected chi connectivity index (χ4v) is 2.32. The lowest BCUT2D eigenvalue weighted by atomic mass is 10.1. The van der Waals surface area contributed by atoms with Crippen molar-refractivity contribution >= 4 is 5.97 Å². The van der Waals surface area contributed by atoms with Crippen LogP contribution >= 0.6 is 0 Å². The summed E-state index contributed by atoms with van der Waals surface area (Å²) in [7, 11) is 0. The second-order valence-electron chi connectivity index (χ2n) is 4.94. The van der Waals surface area contributed by atoms with Gasteiger partial charge >= 0.3 is 5.97 Å². The number of ether oxygens (including phenoxy) is 1. The zero-order valence-corrected chi connectivity index (χ0v) is 12.8. The van der Waals surface area contributed by atoms with Crippen molar-refractivity contribution in [2.75, 3.05) is 6.61 Å². The molecule has 0 radical (unpaired) electrons. The van der Waals surface area contributed by atoms with Gasteiger partial charge in [0.1, 0.15) is 17.3 Å². The van der Waals surface area contributed by atoms with Crippen molar-refractivity contribution in [3.8, 4) is 22.7 Å². The third-order valence-corrected chi connectivity index (χ3v) is 3.38. The van der Waals surface area contributed by atoms with Crippen molar-refractivity contribution < 1.29 is 19.0 Å². The van der Waals surface area contributed by atoms with E-state index in [2.05, 4.69) is 10.3 Å². The highest BCUT2D eigenvalue weighted by atomic mass is 19.1. The smallest absolute Gasteiger partial charge is 0.358 e. The summed E-state index contributed by atoms with van der Waals surface area (Å²) >= 11 is 0. The highest BCUT2D eigenvalue weighted by Gasteiger charge is 2.21. The molecule has 1 heterocycles. The number of hydrogen-bond acceptors (Lipinski definition) is 4.